The first-order chi connectivity index (χ1) is 16.9. The zero-order valence-corrected chi connectivity index (χ0v) is 19.9. The molecule has 1 fully saturated rings. The van der Waals surface area contributed by atoms with E-state index in [1.165, 1.54) is 16.2 Å². The Labute approximate surface area is 208 Å². The number of aromatic nitrogens is 1. The molecule has 2 aliphatic heterocycles. The van der Waals surface area contributed by atoms with Crippen LogP contribution in [0.1, 0.15) is 23.1 Å². The van der Waals surface area contributed by atoms with Gasteiger partial charge in [0, 0.05) is 10.6 Å². The number of hydrogen-bond donors (Lipinski definition) is 1. The van der Waals surface area contributed by atoms with Crippen molar-refractivity contribution in [3.63, 3.8) is 0 Å². The molecule has 0 saturated carbocycles. The van der Waals surface area contributed by atoms with Crippen molar-refractivity contribution < 1.29 is 28.6 Å². The lowest BCUT2D eigenvalue weighted by atomic mass is 9.99. The van der Waals surface area contributed by atoms with Gasteiger partial charge in [0.25, 0.3) is 5.78 Å². The van der Waals surface area contributed by atoms with E-state index in [2.05, 4.69) is 4.98 Å². The number of fused-ring (bicyclic) bond motifs is 2. The van der Waals surface area contributed by atoms with Gasteiger partial charge in [0.2, 0.25) is 0 Å². The molecule has 2 aliphatic rings. The van der Waals surface area contributed by atoms with Crippen molar-refractivity contribution in [3.8, 4) is 11.5 Å². The molecule has 10 heteroatoms. The van der Waals surface area contributed by atoms with Gasteiger partial charge >= 0.3 is 5.91 Å². The highest BCUT2D eigenvalue weighted by Crippen LogP contribution is 2.45. The van der Waals surface area contributed by atoms with Crippen LogP contribution in [0.2, 0.25) is 5.02 Å². The summed E-state index contributed by atoms with van der Waals surface area (Å²) in [5.41, 5.74) is 0.854. The molecule has 0 radical (unpaired) electrons. The molecular weight excluding hydrogens is 492 g/mol. The van der Waals surface area contributed by atoms with Gasteiger partial charge in [0.15, 0.2) is 16.6 Å². The smallest absolute Gasteiger partial charge is 0.302 e. The number of rotatable bonds is 3. The third-order valence-electron chi connectivity index (χ3n) is 5.84. The van der Waals surface area contributed by atoms with Crippen LogP contribution >= 0.6 is 22.9 Å². The van der Waals surface area contributed by atoms with E-state index in [0.29, 0.717) is 57.5 Å². The second-order valence-corrected chi connectivity index (χ2v) is 9.53. The van der Waals surface area contributed by atoms with Crippen molar-refractivity contribution in [2.75, 3.05) is 18.1 Å². The summed E-state index contributed by atoms with van der Waals surface area (Å²) in [6.45, 7) is 2.56. The average Bonchev–Trinajstić information content (AvgIpc) is 3.54. The molecular formula is C25H17ClN2O6S. The van der Waals surface area contributed by atoms with Crippen LogP contribution in [0.5, 0.6) is 11.5 Å². The van der Waals surface area contributed by atoms with Crippen LogP contribution in [0.15, 0.2) is 58.5 Å². The summed E-state index contributed by atoms with van der Waals surface area (Å²) in [4.78, 5) is 32.4. The van der Waals surface area contributed by atoms with E-state index in [-0.39, 0.29) is 11.3 Å². The summed E-state index contributed by atoms with van der Waals surface area (Å²) in [5, 5.41) is 12.1. The number of Topliss-reactive ketones (excluding diaryl/α,β-unsaturated/α-hetero) is 1. The Morgan fingerprint density at radius 2 is 1.89 bits per heavy atom. The van der Waals surface area contributed by atoms with E-state index in [9.17, 15) is 14.7 Å². The van der Waals surface area contributed by atoms with E-state index in [1.807, 2.05) is 0 Å². The number of thiazole rings is 1. The summed E-state index contributed by atoms with van der Waals surface area (Å²) in [6.07, 6.45) is 0. The lowest BCUT2D eigenvalue weighted by Crippen LogP contribution is -2.29. The molecule has 1 unspecified atom stereocenters. The molecule has 2 aromatic carbocycles. The number of nitrogens with zero attached hydrogens (tertiary/aromatic N) is 2. The minimum absolute atomic E-state index is 0.0988. The van der Waals surface area contributed by atoms with Gasteiger partial charge in [0.1, 0.15) is 36.5 Å². The molecule has 35 heavy (non-hydrogen) atoms. The van der Waals surface area contributed by atoms with Crippen molar-refractivity contribution in [2.45, 2.75) is 13.0 Å². The molecule has 0 bridgehead atoms. The average molecular weight is 509 g/mol. The number of aliphatic hydroxyl groups excluding tert-OH is 1. The minimum Gasteiger partial charge on any atom is -0.507 e. The number of carbonyl (C=O) groups is 2. The lowest BCUT2D eigenvalue weighted by Gasteiger charge is -2.21. The number of benzene rings is 2. The zero-order chi connectivity index (χ0) is 24.3. The fourth-order valence-corrected chi connectivity index (χ4v) is 5.50. The van der Waals surface area contributed by atoms with Crippen LogP contribution in [0, 0.1) is 6.92 Å². The fraction of sp³-hybridized carbons (Fsp3) is 0.160. The summed E-state index contributed by atoms with van der Waals surface area (Å²) in [6, 6.07) is 12.5. The van der Waals surface area contributed by atoms with Gasteiger partial charge < -0.3 is 19.0 Å². The number of anilines is 1. The van der Waals surface area contributed by atoms with Crippen molar-refractivity contribution in [2.24, 2.45) is 0 Å². The van der Waals surface area contributed by atoms with Crippen LogP contribution in [0.4, 0.5) is 5.13 Å². The van der Waals surface area contributed by atoms with Crippen LogP contribution in [-0.4, -0.2) is 35.0 Å². The normalized spacial score (nSPS) is 19.0. The number of amides is 1. The highest BCUT2D eigenvalue weighted by molar-refractivity contribution is 7.22. The summed E-state index contributed by atoms with van der Waals surface area (Å²) < 4.78 is 17.8. The Balaban J connectivity index is 1.53. The van der Waals surface area contributed by atoms with Gasteiger partial charge in [0.05, 0.1) is 15.8 Å². The third kappa shape index (κ3) is 3.55. The lowest BCUT2D eigenvalue weighted by molar-refractivity contribution is -0.132. The van der Waals surface area contributed by atoms with E-state index in [4.69, 9.17) is 25.5 Å². The first-order valence-electron chi connectivity index (χ1n) is 10.7. The highest BCUT2D eigenvalue weighted by Gasteiger charge is 2.49. The molecule has 4 aromatic rings. The Morgan fingerprint density at radius 1 is 1.09 bits per heavy atom. The first kappa shape index (κ1) is 21.7. The number of halogens is 1. The second-order valence-electron chi connectivity index (χ2n) is 8.08. The van der Waals surface area contributed by atoms with Crippen molar-refractivity contribution in [1.82, 2.24) is 4.98 Å². The SMILES string of the molecule is Cc1ccc(C2C(=C(O)c3ccc4c(c3)OCCO4)C(=O)C(=O)N2c2nc3ccc(Cl)cc3s2)o1. The van der Waals surface area contributed by atoms with E-state index in [1.54, 1.807) is 55.5 Å². The molecule has 1 amide bonds. The highest BCUT2D eigenvalue weighted by atomic mass is 35.5. The Hall–Kier alpha value is -3.82. The molecule has 6 rings (SSSR count). The van der Waals surface area contributed by atoms with E-state index >= 15 is 0 Å². The molecule has 8 nitrogen and oxygen atoms in total. The van der Waals surface area contributed by atoms with Gasteiger partial charge in [-0.3, -0.25) is 14.5 Å². The van der Waals surface area contributed by atoms with E-state index < -0.39 is 17.7 Å². The standard InChI is InChI=1S/C25H17ClN2O6S/c1-12-2-6-17(34-12)21-20(22(29)13-3-7-16-18(10-13)33-9-8-32-16)23(30)24(31)28(21)25-27-15-5-4-14(26)11-19(15)35-25/h2-7,10-11,21,29H,8-9H2,1H3. The number of furan rings is 1. The predicted molar refractivity (Wildman–Crippen MR) is 130 cm³/mol. The fourth-order valence-electron chi connectivity index (χ4n) is 4.23. The number of ketones is 1. The van der Waals surface area contributed by atoms with Gasteiger partial charge in [-0.05, 0) is 55.5 Å². The first-order valence-corrected chi connectivity index (χ1v) is 11.9. The monoisotopic (exact) mass is 508 g/mol. The van der Waals surface area contributed by atoms with Crippen molar-refractivity contribution in [1.29, 1.82) is 0 Å². The third-order valence-corrected chi connectivity index (χ3v) is 7.09. The Kier molecular flexibility index (Phi) is 5.05. The number of hydrogen-bond acceptors (Lipinski definition) is 8. The molecule has 4 heterocycles. The van der Waals surface area contributed by atoms with Crippen molar-refractivity contribution in [3.05, 3.63) is 76.2 Å². The molecule has 176 valence electrons. The molecule has 1 atom stereocenters. The van der Waals surface area contributed by atoms with Gasteiger partial charge in [-0.2, -0.15) is 0 Å². The zero-order valence-electron chi connectivity index (χ0n) is 18.3. The molecule has 0 aliphatic carbocycles. The summed E-state index contributed by atoms with van der Waals surface area (Å²) in [5.74, 6) is -0.0743. The number of aliphatic hydroxyl groups is 1. The summed E-state index contributed by atoms with van der Waals surface area (Å²) >= 11 is 7.34. The van der Waals surface area contributed by atoms with Crippen LogP contribution < -0.4 is 14.4 Å². The van der Waals surface area contributed by atoms with Crippen LogP contribution in [0.3, 0.4) is 0 Å². The quantitative estimate of drug-likeness (QED) is 0.229. The Morgan fingerprint density at radius 3 is 2.66 bits per heavy atom. The topological polar surface area (TPSA) is 102 Å². The van der Waals surface area contributed by atoms with E-state index in [0.717, 1.165) is 4.70 Å². The van der Waals surface area contributed by atoms with Gasteiger partial charge in [-0.1, -0.05) is 22.9 Å². The van der Waals surface area contributed by atoms with Gasteiger partial charge in [-0.15, -0.1) is 0 Å². The van der Waals surface area contributed by atoms with Gasteiger partial charge in [-0.25, -0.2) is 4.98 Å². The molecule has 0 spiro atoms. The number of aryl methyl sites for hydroxylation is 1. The second kappa shape index (κ2) is 8.14. The predicted octanol–water partition coefficient (Wildman–Crippen LogP) is 5.25. The minimum atomic E-state index is -1.01. The molecule has 1 N–H and O–H groups in total. The van der Waals surface area contributed by atoms with Crippen LogP contribution in [-0.2, 0) is 9.59 Å². The maximum Gasteiger partial charge on any atom is 0.302 e. The largest absolute Gasteiger partial charge is 0.507 e. The Bertz CT molecular complexity index is 1550. The van der Waals surface area contributed by atoms with Crippen molar-refractivity contribution >= 4 is 55.7 Å². The maximum absolute atomic E-state index is 13.3. The molecule has 1 saturated heterocycles. The number of ether oxygens (including phenoxy) is 2. The number of carbonyl (C=O) groups excluding carboxylic acids is 2. The maximum atomic E-state index is 13.3. The summed E-state index contributed by atoms with van der Waals surface area (Å²) in [7, 11) is 0. The molecule has 2 aromatic heterocycles. The van der Waals surface area contributed by atoms with Crippen LogP contribution in [0.25, 0.3) is 16.0 Å².